The molecule has 1 N–H and O–H groups in total. The number of amides is 1. The molecule has 0 fully saturated rings. The number of aryl methyl sites for hydroxylation is 1. The molecular formula is C17H10Cl3FN2O. The second kappa shape index (κ2) is 6.55. The summed E-state index contributed by atoms with van der Waals surface area (Å²) in [6.45, 7) is 1.76. The van der Waals surface area contributed by atoms with E-state index in [1.165, 1.54) is 30.3 Å². The summed E-state index contributed by atoms with van der Waals surface area (Å²) >= 11 is 17.9. The molecule has 1 aromatic heterocycles. The summed E-state index contributed by atoms with van der Waals surface area (Å²) in [6, 6.07) is 8.58. The van der Waals surface area contributed by atoms with Crippen molar-refractivity contribution in [2.24, 2.45) is 0 Å². The maximum absolute atomic E-state index is 13.6. The minimum atomic E-state index is -0.449. The van der Waals surface area contributed by atoms with E-state index < -0.39 is 11.7 Å². The molecule has 0 aliphatic heterocycles. The van der Waals surface area contributed by atoms with Crippen molar-refractivity contribution in [3.63, 3.8) is 0 Å². The number of carbonyl (C=O) groups is 1. The standard InChI is InChI=1S/C17H10Cl3FN2O/c1-8-4-11(10-5-9(21)2-3-15(10)22-8)17(24)23-16-7-13(19)12(18)6-14(16)20/h2-7H,1H3,(H,23,24). The van der Waals surface area contributed by atoms with Crippen molar-refractivity contribution < 1.29 is 9.18 Å². The Morgan fingerprint density at radius 2 is 1.75 bits per heavy atom. The lowest BCUT2D eigenvalue weighted by Gasteiger charge is -2.11. The molecule has 0 radical (unpaired) electrons. The predicted octanol–water partition coefficient (Wildman–Crippen LogP) is 5.89. The quantitative estimate of drug-likeness (QED) is 0.560. The van der Waals surface area contributed by atoms with Gasteiger partial charge >= 0.3 is 0 Å². The van der Waals surface area contributed by atoms with Crippen LogP contribution >= 0.6 is 34.8 Å². The molecule has 24 heavy (non-hydrogen) atoms. The van der Waals surface area contributed by atoms with Crippen LogP contribution in [0.4, 0.5) is 10.1 Å². The van der Waals surface area contributed by atoms with Crippen molar-refractivity contribution in [2.75, 3.05) is 5.32 Å². The highest BCUT2D eigenvalue weighted by Gasteiger charge is 2.15. The molecule has 122 valence electrons. The van der Waals surface area contributed by atoms with E-state index in [2.05, 4.69) is 10.3 Å². The smallest absolute Gasteiger partial charge is 0.256 e. The van der Waals surface area contributed by atoms with E-state index in [1.54, 1.807) is 13.0 Å². The molecule has 3 aromatic rings. The van der Waals surface area contributed by atoms with Gasteiger partial charge in [0.05, 0.1) is 31.8 Å². The minimum absolute atomic E-state index is 0.249. The highest BCUT2D eigenvalue weighted by atomic mass is 35.5. The number of anilines is 1. The first-order valence-electron chi connectivity index (χ1n) is 6.88. The van der Waals surface area contributed by atoms with Crippen LogP contribution in [0.1, 0.15) is 16.1 Å². The molecule has 0 saturated heterocycles. The van der Waals surface area contributed by atoms with Gasteiger partial charge in [-0.05, 0) is 43.3 Å². The van der Waals surface area contributed by atoms with Gasteiger partial charge in [-0.3, -0.25) is 9.78 Å². The Kier molecular flexibility index (Phi) is 4.63. The molecule has 0 saturated carbocycles. The number of pyridine rings is 1. The molecule has 0 aliphatic carbocycles. The summed E-state index contributed by atoms with van der Waals surface area (Å²) in [7, 11) is 0. The molecule has 0 unspecified atom stereocenters. The van der Waals surface area contributed by atoms with Gasteiger partial charge in [-0.15, -0.1) is 0 Å². The summed E-state index contributed by atoms with van der Waals surface area (Å²) in [4.78, 5) is 16.9. The van der Waals surface area contributed by atoms with Gasteiger partial charge in [0, 0.05) is 11.1 Å². The van der Waals surface area contributed by atoms with Crippen LogP contribution in [0, 0.1) is 12.7 Å². The van der Waals surface area contributed by atoms with Crippen LogP contribution in [0.5, 0.6) is 0 Å². The van der Waals surface area contributed by atoms with Gasteiger partial charge in [0.1, 0.15) is 5.82 Å². The Balaban J connectivity index is 2.06. The van der Waals surface area contributed by atoms with Gasteiger partial charge in [-0.2, -0.15) is 0 Å². The molecule has 3 rings (SSSR count). The van der Waals surface area contributed by atoms with Gasteiger partial charge < -0.3 is 5.32 Å². The summed E-state index contributed by atoms with van der Waals surface area (Å²) in [6.07, 6.45) is 0. The van der Waals surface area contributed by atoms with Crippen LogP contribution in [0.25, 0.3) is 10.9 Å². The molecule has 1 amide bonds. The number of aromatic nitrogens is 1. The predicted molar refractivity (Wildman–Crippen MR) is 95.9 cm³/mol. The maximum Gasteiger partial charge on any atom is 0.256 e. The molecule has 1 heterocycles. The molecule has 0 atom stereocenters. The van der Waals surface area contributed by atoms with Gasteiger partial charge in [0.25, 0.3) is 5.91 Å². The van der Waals surface area contributed by atoms with E-state index in [0.29, 0.717) is 27.8 Å². The van der Waals surface area contributed by atoms with Crippen molar-refractivity contribution in [1.29, 1.82) is 0 Å². The Labute approximate surface area is 152 Å². The van der Waals surface area contributed by atoms with Gasteiger partial charge in [-0.1, -0.05) is 34.8 Å². The van der Waals surface area contributed by atoms with Gasteiger partial charge in [-0.25, -0.2) is 4.39 Å². The van der Waals surface area contributed by atoms with Crippen molar-refractivity contribution in [3.8, 4) is 0 Å². The van der Waals surface area contributed by atoms with E-state index >= 15 is 0 Å². The second-order valence-corrected chi connectivity index (χ2v) is 6.39. The minimum Gasteiger partial charge on any atom is -0.321 e. The van der Waals surface area contributed by atoms with E-state index in [-0.39, 0.29) is 15.1 Å². The summed E-state index contributed by atoms with van der Waals surface area (Å²) < 4.78 is 13.6. The fourth-order valence-electron chi connectivity index (χ4n) is 2.33. The molecule has 0 spiro atoms. The third-order valence-corrected chi connectivity index (χ3v) is 4.44. The third kappa shape index (κ3) is 3.31. The fraction of sp³-hybridized carbons (Fsp3) is 0.0588. The zero-order valence-electron chi connectivity index (χ0n) is 12.3. The van der Waals surface area contributed by atoms with E-state index in [4.69, 9.17) is 34.8 Å². The lowest BCUT2D eigenvalue weighted by Crippen LogP contribution is -2.13. The van der Waals surface area contributed by atoms with Crippen LogP contribution < -0.4 is 5.32 Å². The number of hydrogen-bond donors (Lipinski definition) is 1. The molecule has 3 nitrogen and oxygen atoms in total. The number of halogens is 4. The Morgan fingerprint density at radius 1 is 1.04 bits per heavy atom. The van der Waals surface area contributed by atoms with E-state index in [1.807, 2.05) is 0 Å². The molecule has 0 aliphatic rings. The molecule has 0 bridgehead atoms. The van der Waals surface area contributed by atoms with Crippen LogP contribution in [0.3, 0.4) is 0 Å². The largest absolute Gasteiger partial charge is 0.321 e. The average Bonchev–Trinajstić information content (AvgIpc) is 2.52. The van der Waals surface area contributed by atoms with E-state index in [9.17, 15) is 9.18 Å². The topological polar surface area (TPSA) is 42.0 Å². The summed E-state index contributed by atoms with van der Waals surface area (Å²) in [5, 5.41) is 3.88. The SMILES string of the molecule is Cc1cc(C(=O)Nc2cc(Cl)c(Cl)cc2Cl)c2cc(F)ccc2n1. The van der Waals surface area contributed by atoms with Gasteiger partial charge in [0.15, 0.2) is 0 Å². The number of hydrogen-bond acceptors (Lipinski definition) is 2. The van der Waals surface area contributed by atoms with Crippen LogP contribution in [-0.4, -0.2) is 10.9 Å². The highest BCUT2D eigenvalue weighted by Crippen LogP contribution is 2.32. The zero-order valence-corrected chi connectivity index (χ0v) is 14.6. The first-order valence-corrected chi connectivity index (χ1v) is 8.01. The highest BCUT2D eigenvalue weighted by molar-refractivity contribution is 6.44. The lowest BCUT2D eigenvalue weighted by molar-refractivity contribution is 0.102. The third-order valence-electron chi connectivity index (χ3n) is 3.40. The first kappa shape index (κ1) is 17.0. The van der Waals surface area contributed by atoms with Crippen LogP contribution in [0.15, 0.2) is 36.4 Å². The number of nitrogens with one attached hydrogen (secondary N) is 1. The first-order chi connectivity index (χ1) is 11.3. The number of carbonyl (C=O) groups excluding carboxylic acids is 1. The van der Waals surface area contributed by atoms with Crippen molar-refractivity contribution >= 4 is 57.3 Å². The van der Waals surface area contributed by atoms with E-state index in [0.717, 1.165) is 0 Å². The Morgan fingerprint density at radius 3 is 2.50 bits per heavy atom. The summed E-state index contributed by atoms with van der Waals surface area (Å²) in [5.74, 6) is -0.897. The van der Waals surface area contributed by atoms with Crippen molar-refractivity contribution in [2.45, 2.75) is 6.92 Å². The second-order valence-electron chi connectivity index (χ2n) is 5.17. The summed E-state index contributed by atoms with van der Waals surface area (Å²) in [5.41, 5.74) is 1.77. The molecule has 7 heteroatoms. The van der Waals surface area contributed by atoms with Crippen LogP contribution in [0.2, 0.25) is 15.1 Å². The van der Waals surface area contributed by atoms with Gasteiger partial charge in [0.2, 0.25) is 0 Å². The zero-order chi connectivity index (χ0) is 17.4. The number of benzene rings is 2. The van der Waals surface area contributed by atoms with Crippen molar-refractivity contribution in [1.82, 2.24) is 4.98 Å². The molecule has 2 aromatic carbocycles. The number of fused-ring (bicyclic) bond motifs is 1. The fourth-order valence-corrected chi connectivity index (χ4v) is 2.92. The number of nitrogens with zero attached hydrogens (tertiary/aromatic N) is 1. The monoisotopic (exact) mass is 382 g/mol. The Bertz CT molecular complexity index is 976. The Hall–Kier alpha value is -1.88. The molecular weight excluding hydrogens is 374 g/mol. The maximum atomic E-state index is 13.6. The van der Waals surface area contributed by atoms with Crippen LogP contribution in [-0.2, 0) is 0 Å². The lowest BCUT2D eigenvalue weighted by atomic mass is 10.1. The average molecular weight is 384 g/mol. The van der Waals surface area contributed by atoms with Crippen molar-refractivity contribution in [3.05, 3.63) is 68.5 Å². The normalized spacial score (nSPS) is 10.9. The number of rotatable bonds is 2.